The van der Waals surface area contributed by atoms with Gasteiger partial charge in [-0.05, 0) is 23.8 Å². The summed E-state index contributed by atoms with van der Waals surface area (Å²) in [4.78, 5) is 12.2. The lowest BCUT2D eigenvalue weighted by Gasteiger charge is -2.06. The Morgan fingerprint density at radius 3 is 2.33 bits per heavy atom. The van der Waals surface area contributed by atoms with E-state index >= 15 is 0 Å². The highest BCUT2D eigenvalue weighted by molar-refractivity contribution is 5.99. The van der Waals surface area contributed by atoms with Crippen LogP contribution in [-0.4, -0.2) is 9.13 Å². The van der Waals surface area contributed by atoms with Gasteiger partial charge < -0.3 is 4.57 Å². The first-order valence-electron chi connectivity index (χ1n) is 8.94. The van der Waals surface area contributed by atoms with E-state index in [0.29, 0.717) is 0 Å². The van der Waals surface area contributed by atoms with Gasteiger partial charge in [-0.2, -0.15) is 9.36 Å². The van der Waals surface area contributed by atoms with Crippen molar-refractivity contribution in [3.8, 4) is 11.3 Å². The quantitative estimate of drug-likeness (QED) is 0.517. The van der Waals surface area contributed by atoms with Gasteiger partial charge in [-0.25, -0.2) is 4.57 Å². The van der Waals surface area contributed by atoms with E-state index in [1.807, 2.05) is 18.2 Å². The predicted molar refractivity (Wildman–Crippen MR) is 110 cm³/mol. The van der Waals surface area contributed by atoms with Crippen LogP contribution in [0.2, 0.25) is 0 Å². The van der Waals surface area contributed by atoms with Crippen LogP contribution in [-0.2, 0) is 21.1 Å². The first-order chi connectivity index (χ1) is 13.1. The monoisotopic (exact) mass is 356 g/mol. The van der Waals surface area contributed by atoms with Gasteiger partial charge in [0.05, 0.1) is 26.0 Å². The lowest BCUT2D eigenvalue weighted by Crippen LogP contribution is -2.50. The van der Waals surface area contributed by atoms with Gasteiger partial charge in [-0.3, -0.25) is 0 Å². The molecule has 2 aromatic heterocycles. The van der Waals surface area contributed by atoms with Gasteiger partial charge in [0.15, 0.2) is 0 Å². The van der Waals surface area contributed by atoms with Gasteiger partial charge in [-0.15, -0.1) is 0 Å². The molecule has 0 spiro atoms. The Hall–Kier alpha value is -3.40. The molecule has 0 atom stereocenters. The number of rotatable bonds is 3. The van der Waals surface area contributed by atoms with E-state index < -0.39 is 0 Å². The van der Waals surface area contributed by atoms with Crippen LogP contribution in [0.25, 0.3) is 34.3 Å². The van der Waals surface area contributed by atoms with E-state index in [-0.39, 0.29) is 5.69 Å². The van der Waals surface area contributed by atoms with Crippen LogP contribution in [0.5, 0.6) is 0 Å². The zero-order valence-corrected chi connectivity index (χ0v) is 15.8. The van der Waals surface area contributed by atoms with Crippen molar-refractivity contribution >= 4 is 23.1 Å². The van der Waals surface area contributed by atoms with E-state index in [2.05, 4.69) is 66.2 Å². The van der Waals surface area contributed by atoms with Crippen molar-refractivity contribution < 1.29 is 4.57 Å². The molecular formula is C23H22N3O+. The fourth-order valence-electron chi connectivity index (χ4n) is 3.58. The van der Waals surface area contributed by atoms with Crippen molar-refractivity contribution in [1.29, 1.82) is 0 Å². The van der Waals surface area contributed by atoms with Gasteiger partial charge in [0.1, 0.15) is 5.69 Å². The fourth-order valence-corrected chi connectivity index (χ4v) is 3.58. The Morgan fingerprint density at radius 1 is 0.852 bits per heavy atom. The lowest BCUT2D eigenvalue weighted by molar-refractivity contribution is -0.690. The van der Waals surface area contributed by atoms with E-state index in [9.17, 15) is 4.79 Å². The first kappa shape index (κ1) is 17.0. The number of benzene rings is 2. The van der Waals surface area contributed by atoms with E-state index in [4.69, 9.17) is 0 Å². The minimum absolute atomic E-state index is 0.0432. The van der Waals surface area contributed by atoms with E-state index in [1.54, 1.807) is 29.4 Å². The summed E-state index contributed by atoms with van der Waals surface area (Å²) >= 11 is 0. The average molecular weight is 356 g/mol. The molecule has 0 aliphatic heterocycles. The molecule has 0 aliphatic rings. The van der Waals surface area contributed by atoms with E-state index in [0.717, 1.165) is 11.3 Å². The Morgan fingerprint density at radius 2 is 1.56 bits per heavy atom. The maximum atomic E-state index is 12.2. The molecule has 0 radical (unpaired) electrons. The summed E-state index contributed by atoms with van der Waals surface area (Å²) in [5, 5.41) is 1.20. The fraction of sp³-hybridized carbons (Fsp3) is 0.130. The summed E-state index contributed by atoms with van der Waals surface area (Å²) < 4.78 is 5.46. The summed E-state index contributed by atoms with van der Waals surface area (Å²) in [6.07, 6.45) is 5.91. The minimum atomic E-state index is -0.0432. The second kappa shape index (κ2) is 6.72. The third kappa shape index (κ3) is 2.89. The second-order valence-corrected chi connectivity index (χ2v) is 6.73. The second-order valence-electron chi connectivity index (χ2n) is 6.73. The predicted octanol–water partition coefficient (Wildman–Crippen LogP) is 3.54. The number of aromatic nitrogens is 3. The van der Waals surface area contributed by atoms with Crippen LogP contribution in [0.4, 0.5) is 0 Å². The van der Waals surface area contributed by atoms with Gasteiger partial charge in [0, 0.05) is 29.6 Å². The largest absolute Gasteiger partial charge is 0.497 e. The number of nitrogens with zero attached hydrogens (tertiary/aromatic N) is 3. The van der Waals surface area contributed by atoms with Crippen LogP contribution >= 0.6 is 0 Å². The molecule has 0 amide bonds. The molecule has 0 N–H and O–H groups in total. The molecule has 4 aromatic rings. The molecule has 2 heterocycles. The van der Waals surface area contributed by atoms with Crippen molar-refractivity contribution in [1.82, 2.24) is 9.13 Å². The van der Waals surface area contributed by atoms with Crippen LogP contribution < -0.4 is 10.3 Å². The normalized spacial score (nSPS) is 11.5. The van der Waals surface area contributed by atoms with Gasteiger partial charge >= 0.3 is 5.69 Å². The Kier molecular flexibility index (Phi) is 4.24. The van der Waals surface area contributed by atoms with Gasteiger partial charge in [0.25, 0.3) is 0 Å². The summed E-state index contributed by atoms with van der Waals surface area (Å²) in [5.41, 5.74) is 5.50. The summed E-state index contributed by atoms with van der Waals surface area (Å²) in [6, 6.07) is 20.8. The minimum Gasteiger partial charge on any atom is -0.343 e. The van der Waals surface area contributed by atoms with Crippen LogP contribution in [0.1, 0.15) is 11.3 Å². The van der Waals surface area contributed by atoms with Crippen molar-refractivity contribution in [2.45, 2.75) is 0 Å². The Bertz CT molecular complexity index is 1210. The average Bonchev–Trinajstić information content (AvgIpc) is 2.98. The molecule has 0 bridgehead atoms. The van der Waals surface area contributed by atoms with Crippen molar-refractivity contribution in [2.24, 2.45) is 21.1 Å². The van der Waals surface area contributed by atoms with Crippen molar-refractivity contribution in [3.63, 3.8) is 0 Å². The van der Waals surface area contributed by atoms with Gasteiger partial charge in [-0.1, -0.05) is 48.5 Å². The molecular weight excluding hydrogens is 334 g/mol. The van der Waals surface area contributed by atoms with Crippen molar-refractivity contribution in [2.75, 3.05) is 0 Å². The number of hydrogen-bond donors (Lipinski definition) is 0. The third-order valence-electron chi connectivity index (χ3n) is 5.06. The summed E-state index contributed by atoms with van der Waals surface area (Å²) in [5.74, 6) is 0. The molecule has 0 saturated heterocycles. The van der Waals surface area contributed by atoms with Crippen LogP contribution in [0.3, 0.4) is 0 Å². The highest BCUT2D eigenvalue weighted by Gasteiger charge is 2.15. The zero-order chi connectivity index (χ0) is 19.0. The molecule has 4 nitrogen and oxygen atoms in total. The molecule has 2 aromatic carbocycles. The zero-order valence-electron chi connectivity index (χ0n) is 15.8. The Balaban J connectivity index is 1.94. The molecule has 0 unspecified atom stereocenters. The maximum Gasteiger partial charge on any atom is 0.497 e. The summed E-state index contributed by atoms with van der Waals surface area (Å²) in [6.45, 7) is 0. The standard InChI is InChI=1S/C23H22N3O/c1-24-16-15-18(25(2)23(24)27)13-14-20-19-11-7-8-12-21(19)26(3)22(20)17-9-5-4-6-10-17/h4-16H,1-3H3/q+1. The lowest BCUT2D eigenvalue weighted by atomic mass is 10.0. The van der Waals surface area contributed by atoms with Crippen LogP contribution in [0, 0.1) is 0 Å². The maximum absolute atomic E-state index is 12.2. The summed E-state index contributed by atoms with van der Waals surface area (Å²) in [7, 11) is 5.65. The van der Waals surface area contributed by atoms with Crippen molar-refractivity contribution in [3.05, 3.63) is 88.6 Å². The molecule has 4 heteroatoms. The molecule has 27 heavy (non-hydrogen) atoms. The molecule has 0 aliphatic carbocycles. The number of hydrogen-bond acceptors (Lipinski definition) is 1. The topological polar surface area (TPSA) is 30.8 Å². The van der Waals surface area contributed by atoms with E-state index in [1.165, 1.54) is 22.2 Å². The van der Waals surface area contributed by atoms with Crippen LogP contribution in [0.15, 0.2) is 71.7 Å². The third-order valence-corrected chi connectivity index (χ3v) is 5.06. The number of para-hydroxylation sites is 1. The SMILES string of the molecule is Cn1c(/C=C/c2c(-c3ccccc3)n(C)c3ccccc23)cc[n+](C)c1=O. The highest BCUT2D eigenvalue weighted by atomic mass is 16.1. The Labute approximate surface area is 158 Å². The van der Waals surface area contributed by atoms with Gasteiger partial charge in [0.2, 0.25) is 0 Å². The molecule has 4 rings (SSSR count). The molecule has 134 valence electrons. The first-order valence-corrected chi connectivity index (χ1v) is 8.94. The number of aryl methyl sites for hydroxylation is 2. The molecule has 0 fully saturated rings. The smallest absolute Gasteiger partial charge is 0.343 e. The molecule has 0 saturated carbocycles. The number of fused-ring (bicyclic) bond motifs is 1. The highest BCUT2D eigenvalue weighted by Crippen LogP contribution is 2.34.